The van der Waals surface area contributed by atoms with E-state index in [9.17, 15) is 14.9 Å². The fraction of sp³-hybridized carbons (Fsp3) is 0. The Morgan fingerprint density at radius 1 is 1.19 bits per heavy atom. The summed E-state index contributed by atoms with van der Waals surface area (Å²) in [7, 11) is 0. The second-order valence-corrected chi connectivity index (χ2v) is 5.01. The Kier molecular flexibility index (Phi) is 4.84. The molecule has 21 heavy (non-hydrogen) atoms. The topological polar surface area (TPSA) is 72.2 Å². The van der Waals surface area contributed by atoms with E-state index in [1.165, 1.54) is 24.3 Å². The molecule has 0 radical (unpaired) electrons. The summed E-state index contributed by atoms with van der Waals surface area (Å²) in [6.07, 6.45) is 3.10. The molecule has 0 saturated heterocycles. The van der Waals surface area contributed by atoms with Gasteiger partial charge in [-0.1, -0.05) is 30.3 Å². The lowest BCUT2D eigenvalue weighted by Gasteiger charge is -2.04. The molecule has 0 fully saturated rings. The Balaban J connectivity index is 2.06. The number of nitro benzene ring substituents is 1. The third-order valence-electron chi connectivity index (χ3n) is 2.65. The Hall–Kier alpha value is -2.47. The predicted octanol–water partition coefficient (Wildman–Crippen LogP) is 4.01. The first kappa shape index (κ1) is 14.9. The Bertz CT molecular complexity index is 699. The van der Waals surface area contributed by atoms with E-state index in [0.29, 0.717) is 10.2 Å². The van der Waals surface area contributed by atoms with Crippen LogP contribution in [-0.4, -0.2) is 10.8 Å². The summed E-state index contributed by atoms with van der Waals surface area (Å²) in [6, 6.07) is 13.6. The van der Waals surface area contributed by atoms with E-state index in [0.717, 1.165) is 5.56 Å². The van der Waals surface area contributed by atoms with Gasteiger partial charge in [0.05, 0.1) is 10.6 Å². The zero-order chi connectivity index (χ0) is 15.2. The third kappa shape index (κ3) is 4.25. The van der Waals surface area contributed by atoms with Gasteiger partial charge in [0, 0.05) is 22.7 Å². The van der Waals surface area contributed by atoms with Crippen molar-refractivity contribution in [2.75, 3.05) is 5.32 Å². The lowest BCUT2D eigenvalue weighted by atomic mass is 10.2. The Morgan fingerprint density at radius 3 is 2.52 bits per heavy atom. The number of non-ortho nitro benzene ring substituents is 1. The number of carbonyl (C=O) groups is 1. The minimum atomic E-state index is -0.494. The van der Waals surface area contributed by atoms with Crippen LogP contribution in [0.25, 0.3) is 6.08 Å². The van der Waals surface area contributed by atoms with Crippen LogP contribution in [0.1, 0.15) is 5.56 Å². The molecule has 0 saturated carbocycles. The summed E-state index contributed by atoms with van der Waals surface area (Å²) in [6.45, 7) is 0. The molecule has 0 aliphatic carbocycles. The first-order chi connectivity index (χ1) is 10.1. The van der Waals surface area contributed by atoms with Crippen LogP contribution < -0.4 is 5.32 Å². The number of nitrogens with one attached hydrogen (secondary N) is 1. The molecule has 5 nitrogen and oxygen atoms in total. The van der Waals surface area contributed by atoms with Gasteiger partial charge in [0.25, 0.3) is 5.69 Å². The van der Waals surface area contributed by atoms with Crippen LogP contribution in [0.15, 0.2) is 59.1 Å². The number of amides is 1. The molecule has 2 aromatic rings. The van der Waals surface area contributed by atoms with Gasteiger partial charge < -0.3 is 5.32 Å². The van der Waals surface area contributed by atoms with Crippen molar-refractivity contribution in [1.82, 2.24) is 0 Å². The molecule has 0 aliphatic heterocycles. The maximum absolute atomic E-state index is 11.8. The highest BCUT2D eigenvalue weighted by molar-refractivity contribution is 9.10. The molecule has 106 valence electrons. The van der Waals surface area contributed by atoms with Gasteiger partial charge in [0.1, 0.15) is 0 Å². The number of hydrogen-bond donors (Lipinski definition) is 1. The molecule has 6 heteroatoms. The normalized spacial score (nSPS) is 10.5. The number of benzene rings is 2. The fourth-order valence-corrected chi connectivity index (χ4v) is 2.10. The van der Waals surface area contributed by atoms with Gasteiger partial charge in [-0.2, -0.15) is 0 Å². The van der Waals surface area contributed by atoms with Gasteiger partial charge in [-0.15, -0.1) is 0 Å². The van der Waals surface area contributed by atoms with Gasteiger partial charge >= 0.3 is 0 Å². The standard InChI is InChI=1S/C15H11BrN2O3/c16-13-10-12(18(20)21)7-8-14(13)17-15(19)9-6-11-4-2-1-3-5-11/h1-10H,(H,17,19)/b9-6+. The zero-order valence-corrected chi connectivity index (χ0v) is 12.4. The van der Waals surface area contributed by atoms with Crippen LogP contribution in [0.4, 0.5) is 11.4 Å². The maximum atomic E-state index is 11.8. The number of anilines is 1. The quantitative estimate of drug-likeness (QED) is 0.516. The molecule has 2 aromatic carbocycles. The minimum Gasteiger partial charge on any atom is -0.321 e. The van der Waals surface area contributed by atoms with E-state index in [4.69, 9.17) is 0 Å². The second kappa shape index (κ2) is 6.81. The van der Waals surface area contributed by atoms with E-state index >= 15 is 0 Å². The highest BCUT2D eigenvalue weighted by Crippen LogP contribution is 2.27. The van der Waals surface area contributed by atoms with Crippen LogP contribution in [0.5, 0.6) is 0 Å². The molecule has 1 amide bonds. The molecule has 0 heterocycles. The van der Waals surface area contributed by atoms with Crippen LogP contribution in [0.3, 0.4) is 0 Å². The number of nitrogens with zero attached hydrogens (tertiary/aromatic N) is 1. The molecule has 1 N–H and O–H groups in total. The van der Waals surface area contributed by atoms with Crippen molar-refractivity contribution in [2.24, 2.45) is 0 Å². The van der Waals surface area contributed by atoms with Crippen molar-refractivity contribution in [3.05, 3.63) is 74.8 Å². The maximum Gasteiger partial charge on any atom is 0.270 e. The minimum absolute atomic E-state index is 0.0419. The molecular formula is C15H11BrN2O3. The summed E-state index contributed by atoms with van der Waals surface area (Å²) in [5.74, 6) is -0.312. The summed E-state index contributed by atoms with van der Waals surface area (Å²) in [5, 5.41) is 13.3. The molecule has 0 atom stereocenters. The molecule has 2 rings (SSSR count). The molecule has 0 aliphatic rings. The largest absolute Gasteiger partial charge is 0.321 e. The van der Waals surface area contributed by atoms with Gasteiger partial charge in [-0.3, -0.25) is 14.9 Å². The molecular weight excluding hydrogens is 336 g/mol. The zero-order valence-electron chi connectivity index (χ0n) is 10.8. The monoisotopic (exact) mass is 346 g/mol. The van der Waals surface area contributed by atoms with E-state index in [-0.39, 0.29) is 11.6 Å². The average molecular weight is 347 g/mol. The van der Waals surface area contributed by atoms with E-state index < -0.39 is 4.92 Å². The lowest BCUT2D eigenvalue weighted by Crippen LogP contribution is -2.08. The van der Waals surface area contributed by atoms with Gasteiger partial charge in [-0.05, 0) is 33.6 Å². The van der Waals surface area contributed by atoms with Crippen molar-refractivity contribution >= 4 is 39.3 Å². The number of hydrogen-bond acceptors (Lipinski definition) is 3. The first-order valence-corrected chi connectivity index (χ1v) is 6.83. The Labute approximate surface area is 129 Å². The predicted molar refractivity (Wildman–Crippen MR) is 84.9 cm³/mol. The summed E-state index contributed by atoms with van der Waals surface area (Å²) < 4.78 is 0.457. The number of nitro groups is 1. The first-order valence-electron chi connectivity index (χ1n) is 6.04. The van der Waals surface area contributed by atoms with E-state index in [2.05, 4.69) is 21.2 Å². The van der Waals surface area contributed by atoms with Crippen molar-refractivity contribution in [3.8, 4) is 0 Å². The number of carbonyl (C=O) groups excluding carboxylic acids is 1. The van der Waals surface area contributed by atoms with Crippen molar-refractivity contribution in [2.45, 2.75) is 0 Å². The Morgan fingerprint density at radius 2 is 1.90 bits per heavy atom. The SMILES string of the molecule is O=C(/C=C/c1ccccc1)Nc1ccc([N+](=O)[O-])cc1Br. The summed E-state index contributed by atoms with van der Waals surface area (Å²) in [4.78, 5) is 21.9. The van der Waals surface area contributed by atoms with E-state index in [1.807, 2.05) is 30.3 Å². The number of halogens is 1. The van der Waals surface area contributed by atoms with Gasteiger partial charge in [-0.25, -0.2) is 0 Å². The molecule has 0 spiro atoms. The lowest BCUT2D eigenvalue weighted by molar-refractivity contribution is -0.384. The summed E-state index contributed by atoms with van der Waals surface area (Å²) >= 11 is 3.20. The van der Waals surface area contributed by atoms with Crippen molar-refractivity contribution < 1.29 is 9.72 Å². The molecule has 0 bridgehead atoms. The average Bonchev–Trinajstić information content (AvgIpc) is 2.48. The van der Waals surface area contributed by atoms with Crippen LogP contribution in [0, 0.1) is 10.1 Å². The highest BCUT2D eigenvalue weighted by atomic mass is 79.9. The third-order valence-corrected chi connectivity index (χ3v) is 3.30. The van der Waals surface area contributed by atoms with Crippen molar-refractivity contribution in [3.63, 3.8) is 0 Å². The van der Waals surface area contributed by atoms with Crippen molar-refractivity contribution in [1.29, 1.82) is 0 Å². The fourth-order valence-electron chi connectivity index (χ4n) is 1.63. The van der Waals surface area contributed by atoms with Crippen LogP contribution in [-0.2, 0) is 4.79 Å². The van der Waals surface area contributed by atoms with Gasteiger partial charge in [0.2, 0.25) is 5.91 Å². The van der Waals surface area contributed by atoms with Crippen LogP contribution >= 0.6 is 15.9 Å². The summed E-state index contributed by atoms with van der Waals surface area (Å²) in [5.41, 5.74) is 1.35. The van der Waals surface area contributed by atoms with E-state index in [1.54, 1.807) is 6.08 Å². The molecule has 0 aromatic heterocycles. The smallest absolute Gasteiger partial charge is 0.270 e. The second-order valence-electron chi connectivity index (χ2n) is 4.15. The number of rotatable bonds is 4. The molecule has 0 unspecified atom stereocenters. The highest BCUT2D eigenvalue weighted by Gasteiger charge is 2.10. The van der Waals surface area contributed by atoms with Crippen LogP contribution in [0.2, 0.25) is 0 Å². The van der Waals surface area contributed by atoms with Gasteiger partial charge in [0.15, 0.2) is 0 Å².